The molecule has 1 aromatic rings. The van der Waals surface area contributed by atoms with Crippen LogP contribution in [0, 0.1) is 0 Å². The van der Waals surface area contributed by atoms with Crippen LogP contribution in [0.1, 0.15) is 6.42 Å². The number of nitrogens with zero attached hydrogens (tertiary/aromatic N) is 1. The zero-order chi connectivity index (χ0) is 14.6. The minimum atomic E-state index is -5.03. The van der Waals surface area contributed by atoms with Gasteiger partial charge in [-0.25, -0.2) is 4.79 Å². The molecule has 0 aliphatic heterocycles. The van der Waals surface area contributed by atoms with E-state index in [1.54, 1.807) is 0 Å². The Labute approximate surface area is 104 Å². The van der Waals surface area contributed by atoms with Gasteiger partial charge < -0.3 is 20.4 Å². The van der Waals surface area contributed by atoms with Gasteiger partial charge in [-0.2, -0.15) is 13.2 Å². The van der Waals surface area contributed by atoms with Crippen molar-refractivity contribution < 1.29 is 37.8 Å². The van der Waals surface area contributed by atoms with Crippen molar-refractivity contribution in [3.05, 3.63) is 12.1 Å². The lowest BCUT2D eigenvalue weighted by Crippen LogP contribution is -2.38. The van der Waals surface area contributed by atoms with E-state index in [4.69, 9.17) is 10.2 Å². The van der Waals surface area contributed by atoms with Crippen molar-refractivity contribution in [1.82, 2.24) is 10.0 Å². The first-order valence-electron chi connectivity index (χ1n) is 4.87. The Morgan fingerprint density at radius 3 is 2.26 bits per heavy atom. The highest BCUT2D eigenvalue weighted by atomic mass is 19.4. The largest absolute Gasteiger partial charge is 0.492 e. The number of hydrogen-bond acceptors (Lipinski definition) is 5. The summed E-state index contributed by atoms with van der Waals surface area (Å²) in [6, 6.07) is 2.07. The summed E-state index contributed by atoms with van der Waals surface area (Å²) in [7, 11) is 0. The van der Waals surface area contributed by atoms with Gasteiger partial charge in [0.15, 0.2) is 0 Å². The van der Waals surface area contributed by atoms with E-state index in [1.807, 2.05) is 0 Å². The quantitative estimate of drug-likeness (QED) is 0.717. The molecule has 0 spiro atoms. The maximum absolute atomic E-state index is 11.8. The second-order valence-electron chi connectivity index (χ2n) is 3.31. The first-order valence-corrected chi connectivity index (χ1v) is 4.87. The Kier molecular flexibility index (Phi) is 4.25. The van der Waals surface area contributed by atoms with Crippen LogP contribution in [0.5, 0.6) is 11.8 Å². The molecule has 0 saturated carbocycles. The molecule has 1 amide bonds. The molecule has 1 rings (SSSR count). The lowest BCUT2D eigenvalue weighted by molar-refractivity contribution is -0.173. The standard InChI is InChI=1S/C9H9F3N2O5/c10-9(11,12)8(18)13-4-3-7(17)19-14-5(15)1-2-6(14)16/h1-2,15-16H,3-4H2,(H,13,18). The van der Waals surface area contributed by atoms with E-state index >= 15 is 0 Å². The normalized spacial score (nSPS) is 11.1. The van der Waals surface area contributed by atoms with Gasteiger partial charge in [-0.3, -0.25) is 4.79 Å². The van der Waals surface area contributed by atoms with Gasteiger partial charge in [0.25, 0.3) is 0 Å². The summed E-state index contributed by atoms with van der Waals surface area (Å²) in [5.74, 6) is -4.36. The Morgan fingerprint density at radius 2 is 1.79 bits per heavy atom. The molecule has 0 radical (unpaired) electrons. The predicted octanol–water partition coefficient (Wildman–Crippen LogP) is -0.0769. The van der Waals surface area contributed by atoms with Gasteiger partial charge in [-0.15, -0.1) is 4.73 Å². The highest BCUT2D eigenvalue weighted by Gasteiger charge is 2.38. The highest BCUT2D eigenvalue weighted by Crippen LogP contribution is 2.18. The van der Waals surface area contributed by atoms with Crippen LogP contribution < -0.4 is 10.2 Å². The summed E-state index contributed by atoms with van der Waals surface area (Å²) < 4.78 is 35.7. The lowest BCUT2D eigenvalue weighted by Gasteiger charge is -2.08. The van der Waals surface area contributed by atoms with Crippen molar-refractivity contribution in [2.24, 2.45) is 0 Å². The van der Waals surface area contributed by atoms with E-state index in [0.717, 1.165) is 12.1 Å². The molecule has 3 N–H and O–H groups in total. The van der Waals surface area contributed by atoms with Crippen molar-refractivity contribution in [3.8, 4) is 11.8 Å². The van der Waals surface area contributed by atoms with E-state index in [-0.39, 0.29) is 0 Å². The molecule has 0 unspecified atom stereocenters. The summed E-state index contributed by atoms with van der Waals surface area (Å²) in [5, 5.41) is 19.7. The molecule has 0 bridgehead atoms. The first kappa shape index (κ1) is 14.7. The molecule has 0 atom stereocenters. The van der Waals surface area contributed by atoms with Crippen molar-refractivity contribution in [3.63, 3.8) is 0 Å². The monoisotopic (exact) mass is 282 g/mol. The van der Waals surface area contributed by atoms with Crippen molar-refractivity contribution in [2.45, 2.75) is 12.6 Å². The second kappa shape index (κ2) is 5.50. The van der Waals surface area contributed by atoms with E-state index < -0.39 is 42.8 Å². The summed E-state index contributed by atoms with van der Waals surface area (Å²) in [6.45, 7) is -0.597. The maximum atomic E-state index is 11.8. The number of alkyl halides is 3. The first-order chi connectivity index (χ1) is 8.71. The van der Waals surface area contributed by atoms with Gasteiger partial charge in [0.05, 0.1) is 6.42 Å². The molecule has 19 heavy (non-hydrogen) atoms. The minimum absolute atomic E-state index is 0.383. The van der Waals surface area contributed by atoms with E-state index in [9.17, 15) is 22.8 Å². The number of halogens is 3. The Balaban J connectivity index is 2.39. The maximum Gasteiger partial charge on any atom is 0.471 e. The molecule has 0 saturated heterocycles. The van der Waals surface area contributed by atoms with Crippen molar-refractivity contribution >= 4 is 11.9 Å². The summed E-state index contributed by atoms with van der Waals surface area (Å²) in [4.78, 5) is 26.0. The highest BCUT2D eigenvalue weighted by molar-refractivity contribution is 5.82. The van der Waals surface area contributed by atoms with Crippen LogP contribution in [-0.4, -0.2) is 39.5 Å². The number of hydrogen-bond donors (Lipinski definition) is 3. The lowest BCUT2D eigenvalue weighted by atomic mass is 10.4. The fraction of sp³-hybridized carbons (Fsp3) is 0.333. The van der Waals surface area contributed by atoms with Gasteiger partial charge in [0, 0.05) is 18.7 Å². The number of rotatable bonds is 4. The minimum Gasteiger partial charge on any atom is -0.492 e. The summed E-state index contributed by atoms with van der Waals surface area (Å²) in [6.07, 6.45) is -5.60. The van der Waals surface area contributed by atoms with Crippen LogP contribution in [0.25, 0.3) is 0 Å². The topological polar surface area (TPSA) is 101 Å². The summed E-state index contributed by atoms with van der Waals surface area (Å²) >= 11 is 0. The number of carbonyl (C=O) groups excluding carboxylic acids is 2. The Morgan fingerprint density at radius 1 is 1.26 bits per heavy atom. The molecule has 0 aromatic carbocycles. The molecule has 1 heterocycles. The van der Waals surface area contributed by atoms with Crippen molar-refractivity contribution in [1.29, 1.82) is 0 Å². The number of aromatic hydroxyl groups is 2. The zero-order valence-electron chi connectivity index (χ0n) is 9.27. The molecule has 0 aliphatic carbocycles. The average molecular weight is 282 g/mol. The zero-order valence-corrected chi connectivity index (χ0v) is 9.27. The predicted molar refractivity (Wildman–Crippen MR) is 53.0 cm³/mol. The fourth-order valence-corrected chi connectivity index (χ4v) is 1.02. The summed E-state index contributed by atoms with van der Waals surface area (Å²) in [5.41, 5.74) is 0. The van der Waals surface area contributed by atoms with E-state index in [2.05, 4.69) is 4.84 Å². The Hall–Kier alpha value is -2.39. The third kappa shape index (κ3) is 4.08. The molecular formula is C9H9F3N2O5. The average Bonchev–Trinajstić information content (AvgIpc) is 2.59. The fourth-order valence-electron chi connectivity index (χ4n) is 1.02. The van der Waals surface area contributed by atoms with Gasteiger partial charge in [0.2, 0.25) is 11.8 Å². The van der Waals surface area contributed by atoms with E-state index in [1.165, 1.54) is 5.32 Å². The van der Waals surface area contributed by atoms with Crippen LogP contribution in [-0.2, 0) is 9.59 Å². The molecule has 1 aromatic heterocycles. The number of amides is 1. The van der Waals surface area contributed by atoms with Crippen LogP contribution in [0.3, 0.4) is 0 Å². The van der Waals surface area contributed by atoms with Crippen LogP contribution in [0.2, 0.25) is 0 Å². The number of nitrogens with one attached hydrogen (secondary N) is 1. The van der Waals surface area contributed by atoms with Crippen LogP contribution in [0.15, 0.2) is 12.1 Å². The molecule has 0 fully saturated rings. The molecule has 7 nitrogen and oxygen atoms in total. The third-order valence-corrected chi connectivity index (χ3v) is 1.86. The second-order valence-corrected chi connectivity index (χ2v) is 3.31. The van der Waals surface area contributed by atoms with Crippen LogP contribution >= 0.6 is 0 Å². The van der Waals surface area contributed by atoms with Gasteiger partial charge in [0.1, 0.15) is 0 Å². The van der Waals surface area contributed by atoms with E-state index in [0.29, 0.717) is 4.73 Å². The molecule has 10 heteroatoms. The van der Waals surface area contributed by atoms with Gasteiger partial charge in [-0.05, 0) is 0 Å². The number of aromatic nitrogens is 1. The molecular weight excluding hydrogens is 273 g/mol. The SMILES string of the molecule is O=C(CCNC(=O)C(F)(F)F)On1c(O)ccc1O. The van der Waals surface area contributed by atoms with Crippen LogP contribution in [0.4, 0.5) is 13.2 Å². The number of carbonyl (C=O) groups is 2. The van der Waals surface area contributed by atoms with Gasteiger partial charge in [-0.1, -0.05) is 0 Å². The third-order valence-electron chi connectivity index (χ3n) is 1.86. The smallest absolute Gasteiger partial charge is 0.471 e. The molecule has 106 valence electrons. The van der Waals surface area contributed by atoms with Crippen molar-refractivity contribution in [2.75, 3.05) is 6.54 Å². The Bertz CT molecular complexity index is 463. The molecule has 0 aliphatic rings. The van der Waals surface area contributed by atoms with Gasteiger partial charge >= 0.3 is 18.1 Å².